The molecule has 0 atom stereocenters. The highest BCUT2D eigenvalue weighted by Gasteiger charge is 2.52. The molecule has 5 heteroatoms. The van der Waals surface area contributed by atoms with Crippen LogP contribution in [0.25, 0.3) is 0 Å². The monoisotopic (exact) mass is 298 g/mol. The van der Waals surface area contributed by atoms with Gasteiger partial charge in [0.1, 0.15) is 0 Å². The number of rotatable bonds is 3. The van der Waals surface area contributed by atoms with Gasteiger partial charge in [0.25, 0.3) is 10.2 Å². The molecule has 0 unspecified atom stereocenters. The van der Waals surface area contributed by atoms with Gasteiger partial charge in [-0.25, -0.2) is 0 Å². The summed E-state index contributed by atoms with van der Waals surface area (Å²) in [6.07, 6.45) is 10.5. The van der Waals surface area contributed by atoms with Gasteiger partial charge in [-0.15, -0.1) is 0 Å². The standard InChI is InChI=1S/C15H26N2O2S/c18-20(19,17-4-2-1-3-5-17)16-15-9-12-6-13(10-15)8-14(7-12)11-15/h12-14,16H,1-11H2. The van der Waals surface area contributed by atoms with Gasteiger partial charge in [-0.2, -0.15) is 17.4 Å². The van der Waals surface area contributed by atoms with Gasteiger partial charge in [-0.3, -0.25) is 0 Å². The predicted octanol–water partition coefficient (Wildman–Crippen LogP) is 2.28. The first-order valence-electron chi connectivity index (χ1n) is 8.34. The van der Waals surface area contributed by atoms with Crippen molar-refractivity contribution < 1.29 is 8.42 Å². The molecule has 0 radical (unpaired) electrons. The number of hydrogen-bond donors (Lipinski definition) is 1. The number of piperidine rings is 1. The fraction of sp³-hybridized carbons (Fsp3) is 1.00. The van der Waals surface area contributed by atoms with Crippen LogP contribution in [0.4, 0.5) is 0 Å². The van der Waals surface area contributed by atoms with E-state index in [1.165, 1.54) is 25.7 Å². The van der Waals surface area contributed by atoms with Gasteiger partial charge in [-0.1, -0.05) is 6.42 Å². The summed E-state index contributed by atoms with van der Waals surface area (Å²) < 4.78 is 30.2. The molecule has 5 rings (SSSR count). The summed E-state index contributed by atoms with van der Waals surface area (Å²) >= 11 is 0. The molecule has 1 N–H and O–H groups in total. The summed E-state index contributed by atoms with van der Waals surface area (Å²) in [6, 6.07) is 0. The highest BCUT2D eigenvalue weighted by molar-refractivity contribution is 7.87. The fourth-order valence-corrected chi connectivity index (χ4v) is 7.34. The van der Waals surface area contributed by atoms with E-state index in [0.717, 1.165) is 49.9 Å². The summed E-state index contributed by atoms with van der Waals surface area (Å²) in [5.74, 6) is 2.35. The van der Waals surface area contributed by atoms with Gasteiger partial charge in [0.15, 0.2) is 0 Å². The number of nitrogens with zero attached hydrogens (tertiary/aromatic N) is 1. The van der Waals surface area contributed by atoms with E-state index in [1.807, 2.05) is 0 Å². The van der Waals surface area contributed by atoms with Crippen molar-refractivity contribution in [3.63, 3.8) is 0 Å². The average molecular weight is 298 g/mol. The molecule has 20 heavy (non-hydrogen) atoms. The van der Waals surface area contributed by atoms with E-state index in [1.54, 1.807) is 4.31 Å². The molecular weight excluding hydrogens is 272 g/mol. The van der Waals surface area contributed by atoms with Gasteiger partial charge in [0.05, 0.1) is 0 Å². The normalized spacial score (nSPS) is 44.9. The van der Waals surface area contributed by atoms with Crippen LogP contribution in [0.15, 0.2) is 0 Å². The van der Waals surface area contributed by atoms with Crippen LogP contribution < -0.4 is 4.72 Å². The molecule has 1 heterocycles. The lowest BCUT2D eigenvalue weighted by Gasteiger charge is -2.56. The Morgan fingerprint density at radius 2 is 1.35 bits per heavy atom. The van der Waals surface area contributed by atoms with E-state index < -0.39 is 10.2 Å². The zero-order valence-electron chi connectivity index (χ0n) is 12.2. The van der Waals surface area contributed by atoms with Crippen molar-refractivity contribution in [2.45, 2.75) is 63.3 Å². The lowest BCUT2D eigenvalue weighted by Crippen LogP contribution is -2.62. The van der Waals surface area contributed by atoms with E-state index >= 15 is 0 Å². The predicted molar refractivity (Wildman–Crippen MR) is 78.4 cm³/mol. The molecule has 4 nitrogen and oxygen atoms in total. The van der Waals surface area contributed by atoms with Crippen molar-refractivity contribution in [3.8, 4) is 0 Å². The van der Waals surface area contributed by atoms with Crippen LogP contribution in [-0.2, 0) is 10.2 Å². The molecule has 0 aromatic carbocycles. The molecule has 5 fully saturated rings. The molecule has 4 bridgehead atoms. The van der Waals surface area contributed by atoms with Crippen molar-refractivity contribution in [3.05, 3.63) is 0 Å². The maximum Gasteiger partial charge on any atom is 0.279 e. The summed E-state index contributed by atoms with van der Waals surface area (Å²) in [7, 11) is -3.26. The minimum absolute atomic E-state index is 0.0922. The summed E-state index contributed by atoms with van der Waals surface area (Å²) in [5, 5.41) is 0. The highest BCUT2D eigenvalue weighted by atomic mass is 32.2. The van der Waals surface area contributed by atoms with Gasteiger partial charge in [-0.05, 0) is 69.1 Å². The third-order valence-electron chi connectivity index (χ3n) is 6.04. The largest absolute Gasteiger partial charge is 0.279 e. The molecule has 0 amide bonds. The Morgan fingerprint density at radius 3 is 1.85 bits per heavy atom. The average Bonchev–Trinajstić information content (AvgIpc) is 2.36. The number of nitrogens with one attached hydrogen (secondary N) is 1. The molecule has 5 aliphatic rings. The molecule has 0 aromatic rings. The third kappa shape index (κ3) is 2.32. The Bertz CT molecular complexity index is 447. The molecular formula is C15H26N2O2S. The van der Waals surface area contributed by atoms with E-state index in [4.69, 9.17) is 0 Å². The minimum atomic E-state index is -3.26. The van der Waals surface area contributed by atoms with E-state index in [9.17, 15) is 8.42 Å². The molecule has 0 spiro atoms. The lowest BCUT2D eigenvalue weighted by atomic mass is 9.53. The van der Waals surface area contributed by atoms with E-state index in [2.05, 4.69) is 4.72 Å². The zero-order valence-corrected chi connectivity index (χ0v) is 13.0. The molecule has 4 aliphatic carbocycles. The fourth-order valence-electron chi connectivity index (χ4n) is 5.68. The first-order chi connectivity index (χ1) is 9.55. The number of hydrogen-bond acceptors (Lipinski definition) is 2. The quantitative estimate of drug-likeness (QED) is 0.869. The molecule has 0 aromatic heterocycles. The van der Waals surface area contributed by atoms with Crippen LogP contribution >= 0.6 is 0 Å². The maximum atomic E-state index is 12.7. The topological polar surface area (TPSA) is 49.4 Å². The van der Waals surface area contributed by atoms with E-state index in [-0.39, 0.29) is 5.54 Å². The van der Waals surface area contributed by atoms with Crippen LogP contribution in [0.2, 0.25) is 0 Å². The third-order valence-corrected chi connectivity index (χ3v) is 7.77. The van der Waals surface area contributed by atoms with Gasteiger partial charge in [0.2, 0.25) is 0 Å². The van der Waals surface area contributed by atoms with E-state index in [0.29, 0.717) is 13.1 Å². The Kier molecular flexibility index (Phi) is 3.17. The summed E-state index contributed by atoms with van der Waals surface area (Å²) in [4.78, 5) is 0. The van der Waals surface area contributed by atoms with Gasteiger partial charge < -0.3 is 0 Å². The van der Waals surface area contributed by atoms with Crippen LogP contribution in [-0.4, -0.2) is 31.4 Å². The first kappa shape index (κ1) is 13.5. The second-order valence-electron chi connectivity index (χ2n) is 7.76. The van der Waals surface area contributed by atoms with Crippen molar-refractivity contribution in [2.24, 2.45) is 17.8 Å². The van der Waals surface area contributed by atoms with Crippen molar-refractivity contribution in [1.29, 1.82) is 0 Å². The van der Waals surface area contributed by atoms with Crippen molar-refractivity contribution >= 4 is 10.2 Å². The Balaban J connectivity index is 1.53. The molecule has 4 saturated carbocycles. The van der Waals surface area contributed by atoms with Crippen molar-refractivity contribution in [2.75, 3.05) is 13.1 Å². The highest BCUT2D eigenvalue weighted by Crippen LogP contribution is 2.55. The van der Waals surface area contributed by atoms with Crippen LogP contribution in [0, 0.1) is 17.8 Å². The Hall–Kier alpha value is -0.130. The second-order valence-corrected chi connectivity index (χ2v) is 9.44. The van der Waals surface area contributed by atoms with Crippen LogP contribution in [0.3, 0.4) is 0 Å². The molecule has 1 aliphatic heterocycles. The summed E-state index contributed by atoms with van der Waals surface area (Å²) in [6.45, 7) is 1.42. The van der Waals surface area contributed by atoms with Gasteiger partial charge in [0, 0.05) is 18.6 Å². The smallest absolute Gasteiger partial charge is 0.196 e. The second kappa shape index (κ2) is 4.68. The maximum absolute atomic E-state index is 12.7. The first-order valence-corrected chi connectivity index (χ1v) is 9.78. The SMILES string of the molecule is O=S(=O)(NC12CC3CC(CC(C3)C1)C2)N1CCCCC1. The van der Waals surface area contributed by atoms with Crippen LogP contribution in [0.5, 0.6) is 0 Å². The van der Waals surface area contributed by atoms with Gasteiger partial charge >= 0.3 is 0 Å². The summed E-state index contributed by atoms with van der Waals surface area (Å²) in [5.41, 5.74) is -0.0922. The Morgan fingerprint density at radius 1 is 0.850 bits per heavy atom. The minimum Gasteiger partial charge on any atom is -0.196 e. The Labute approximate surface area is 122 Å². The molecule has 114 valence electrons. The van der Waals surface area contributed by atoms with Crippen LogP contribution in [0.1, 0.15) is 57.8 Å². The molecule has 1 saturated heterocycles. The zero-order chi connectivity index (χ0) is 13.8. The van der Waals surface area contributed by atoms with Crippen molar-refractivity contribution in [1.82, 2.24) is 9.03 Å². The lowest BCUT2D eigenvalue weighted by molar-refractivity contribution is -0.00891.